The molecule has 5 nitrogen and oxygen atoms in total. The van der Waals surface area contributed by atoms with Crippen molar-refractivity contribution in [1.82, 2.24) is 9.97 Å². The van der Waals surface area contributed by atoms with E-state index in [0.29, 0.717) is 34.2 Å². The Labute approximate surface area is 120 Å². The quantitative estimate of drug-likeness (QED) is 0.501. The fourth-order valence-electron chi connectivity index (χ4n) is 1.38. The Morgan fingerprint density at radius 3 is 2.58 bits per heavy atom. The summed E-state index contributed by atoms with van der Waals surface area (Å²) < 4.78 is 5.55. The lowest BCUT2D eigenvalue weighted by molar-refractivity contribution is 0.344. The molecular weight excluding hydrogens is 284 g/mol. The van der Waals surface area contributed by atoms with Gasteiger partial charge in [-0.3, -0.25) is 0 Å². The maximum atomic E-state index is 5.86. The second kappa shape index (κ2) is 6.49. The van der Waals surface area contributed by atoms with Crippen molar-refractivity contribution in [2.75, 3.05) is 23.8 Å². The molecule has 0 bridgehead atoms. The molecule has 1 aromatic heterocycles. The molecule has 0 aliphatic heterocycles. The fraction of sp³-hybridized carbons (Fsp3) is 0.167. The van der Waals surface area contributed by atoms with Crippen LogP contribution in [0.3, 0.4) is 0 Å². The third-order valence-electron chi connectivity index (χ3n) is 2.12. The van der Waals surface area contributed by atoms with Crippen molar-refractivity contribution in [1.29, 1.82) is 0 Å². The summed E-state index contributed by atoms with van der Waals surface area (Å²) in [5.74, 6) is 2.16. The average molecular weight is 297 g/mol. The highest BCUT2D eigenvalue weighted by atomic mass is 35.5. The highest BCUT2D eigenvalue weighted by molar-refractivity contribution is 7.99. The van der Waals surface area contributed by atoms with Crippen LogP contribution in [0.15, 0.2) is 35.5 Å². The van der Waals surface area contributed by atoms with Crippen molar-refractivity contribution in [3.63, 3.8) is 0 Å². The number of halogens is 1. The predicted molar refractivity (Wildman–Crippen MR) is 78.5 cm³/mol. The molecule has 100 valence electrons. The summed E-state index contributed by atoms with van der Waals surface area (Å²) in [5.41, 5.74) is 11.2. The van der Waals surface area contributed by atoms with Gasteiger partial charge in [-0.05, 0) is 18.2 Å². The monoisotopic (exact) mass is 296 g/mol. The Bertz CT molecular complexity index is 547. The van der Waals surface area contributed by atoms with Crippen LogP contribution in [0, 0.1) is 0 Å². The summed E-state index contributed by atoms with van der Waals surface area (Å²) in [7, 11) is 0. The van der Waals surface area contributed by atoms with Crippen LogP contribution in [0.2, 0.25) is 5.02 Å². The molecule has 7 heteroatoms. The van der Waals surface area contributed by atoms with E-state index in [9.17, 15) is 0 Å². The molecule has 2 rings (SSSR count). The summed E-state index contributed by atoms with van der Waals surface area (Å²) in [6.45, 7) is 0.517. The highest BCUT2D eigenvalue weighted by Gasteiger charge is 2.02. The van der Waals surface area contributed by atoms with Crippen LogP contribution >= 0.6 is 23.4 Å². The minimum absolute atomic E-state index is 0.366. The topological polar surface area (TPSA) is 87.1 Å². The Morgan fingerprint density at radius 2 is 1.89 bits per heavy atom. The number of benzene rings is 1. The summed E-state index contributed by atoms with van der Waals surface area (Å²) in [5, 5.41) is 1.20. The number of rotatable bonds is 5. The smallest absolute Gasteiger partial charge is 0.191 e. The van der Waals surface area contributed by atoms with E-state index in [1.807, 2.05) is 12.1 Å². The Balaban J connectivity index is 1.80. The maximum absolute atomic E-state index is 5.86. The number of ether oxygens (including phenoxy) is 1. The third-order valence-corrected chi connectivity index (χ3v) is 3.17. The number of hydrogen-bond acceptors (Lipinski definition) is 6. The summed E-state index contributed by atoms with van der Waals surface area (Å²) in [6.07, 6.45) is 0. The first-order valence-electron chi connectivity index (χ1n) is 5.55. The van der Waals surface area contributed by atoms with Crippen molar-refractivity contribution in [2.24, 2.45) is 0 Å². The predicted octanol–water partition coefficient (Wildman–Crippen LogP) is 2.47. The van der Waals surface area contributed by atoms with E-state index in [-0.39, 0.29) is 0 Å². The lowest BCUT2D eigenvalue weighted by Gasteiger charge is -2.06. The molecule has 0 atom stereocenters. The Kier molecular flexibility index (Phi) is 4.70. The van der Waals surface area contributed by atoms with E-state index in [4.69, 9.17) is 27.8 Å². The van der Waals surface area contributed by atoms with Gasteiger partial charge in [-0.15, -0.1) is 0 Å². The molecule has 0 unspecified atom stereocenters. The van der Waals surface area contributed by atoms with Crippen LogP contribution in [0.5, 0.6) is 5.75 Å². The number of nitrogens with two attached hydrogens (primary N) is 2. The molecule has 4 N–H and O–H groups in total. The molecule has 0 radical (unpaired) electrons. The first-order valence-corrected chi connectivity index (χ1v) is 6.91. The van der Waals surface area contributed by atoms with E-state index < -0.39 is 0 Å². The standard InChI is InChI=1S/C12H13ClN4OS/c13-8-2-1-3-9(6-8)18-4-5-19-12-16-10(14)7-11(15)17-12/h1-3,6-7H,4-5H2,(H4,14,15,16,17). The van der Waals surface area contributed by atoms with Crippen molar-refractivity contribution in [3.05, 3.63) is 35.4 Å². The number of hydrogen-bond donors (Lipinski definition) is 2. The molecule has 0 aliphatic rings. The Morgan fingerprint density at radius 1 is 1.16 bits per heavy atom. The molecule has 1 heterocycles. The molecule has 0 saturated heterocycles. The molecule has 0 amide bonds. The molecule has 2 aromatic rings. The van der Waals surface area contributed by atoms with E-state index in [1.54, 1.807) is 12.1 Å². The van der Waals surface area contributed by atoms with Gasteiger partial charge in [-0.2, -0.15) is 0 Å². The van der Waals surface area contributed by atoms with Gasteiger partial charge in [0.2, 0.25) is 0 Å². The van der Waals surface area contributed by atoms with Gasteiger partial charge in [0.15, 0.2) is 5.16 Å². The number of anilines is 2. The molecule has 0 aliphatic carbocycles. The SMILES string of the molecule is Nc1cc(N)nc(SCCOc2cccc(Cl)c2)n1. The van der Waals surface area contributed by atoms with Crippen LogP contribution < -0.4 is 16.2 Å². The zero-order chi connectivity index (χ0) is 13.7. The van der Waals surface area contributed by atoms with Crippen LogP contribution in [-0.4, -0.2) is 22.3 Å². The number of nitrogens with zero attached hydrogens (tertiary/aromatic N) is 2. The van der Waals surface area contributed by atoms with Crippen molar-refractivity contribution in [3.8, 4) is 5.75 Å². The van der Waals surface area contributed by atoms with Crippen LogP contribution in [-0.2, 0) is 0 Å². The van der Waals surface area contributed by atoms with E-state index in [1.165, 1.54) is 17.8 Å². The third kappa shape index (κ3) is 4.50. The van der Waals surface area contributed by atoms with Gasteiger partial charge in [0.25, 0.3) is 0 Å². The first-order chi connectivity index (χ1) is 9.13. The molecule has 19 heavy (non-hydrogen) atoms. The van der Waals surface area contributed by atoms with Gasteiger partial charge in [0, 0.05) is 16.8 Å². The maximum Gasteiger partial charge on any atom is 0.191 e. The number of nitrogen functional groups attached to an aromatic ring is 2. The highest BCUT2D eigenvalue weighted by Crippen LogP contribution is 2.19. The second-order valence-electron chi connectivity index (χ2n) is 3.65. The zero-order valence-electron chi connectivity index (χ0n) is 10.0. The minimum Gasteiger partial charge on any atom is -0.493 e. The lowest BCUT2D eigenvalue weighted by Crippen LogP contribution is -2.03. The van der Waals surface area contributed by atoms with E-state index in [2.05, 4.69) is 9.97 Å². The summed E-state index contributed by atoms with van der Waals surface area (Å²) in [6, 6.07) is 8.78. The molecule has 0 fully saturated rings. The van der Waals surface area contributed by atoms with Crippen LogP contribution in [0.25, 0.3) is 0 Å². The molecule has 1 aromatic carbocycles. The molecular formula is C12H13ClN4OS. The number of aromatic nitrogens is 2. The Hall–Kier alpha value is -1.66. The zero-order valence-corrected chi connectivity index (χ0v) is 11.6. The van der Waals surface area contributed by atoms with Crippen molar-refractivity contribution < 1.29 is 4.74 Å². The van der Waals surface area contributed by atoms with Crippen LogP contribution in [0.1, 0.15) is 0 Å². The molecule has 0 spiro atoms. The summed E-state index contributed by atoms with van der Waals surface area (Å²) in [4.78, 5) is 8.13. The van der Waals surface area contributed by atoms with Crippen LogP contribution in [0.4, 0.5) is 11.6 Å². The first kappa shape index (κ1) is 13.8. The average Bonchev–Trinajstić information content (AvgIpc) is 2.34. The van der Waals surface area contributed by atoms with E-state index >= 15 is 0 Å². The lowest BCUT2D eigenvalue weighted by atomic mass is 10.3. The van der Waals surface area contributed by atoms with Gasteiger partial charge in [0.05, 0.1) is 6.61 Å². The van der Waals surface area contributed by atoms with Crippen molar-refractivity contribution >= 4 is 35.0 Å². The molecule has 0 saturated carbocycles. The second-order valence-corrected chi connectivity index (χ2v) is 5.15. The summed E-state index contributed by atoms with van der Waals surface area (Å²) >= 11 is 7.29. The largest absolute Gasteiger partial charge is 0.493 e. The van der Waals surface area contributed by atoms with Gasteiger partial charge in [-0.1, -0.05) is 29.4 Å². The normalized spacial score (nSPS) is 10.4. The van der Waals surface area contributed by atoms with E-state index in [0.717, 1.165) is 5.75 Å². The van der Waals surface area contributed by atoms with Gasteiger partial charge < -0.3 is 16.2 Å². The van der Waals surface area contributed by atoms with Gasteiger partial charge in [0.1, 0.15) is 17.4 Å². The van der Waals surface area contributed by atoms with Crippen molar-refractivity contribution in [2.45, 2.75) is 5.16 Å². The number of thioether (sulfide) groups is 1. The van der Waals surface area contributed by atoms with Gasteiger partial charge in [-0.25, -0.2) is 9.97 Å². The minimum atomic E-state index is 0.366. The fourth-order valence-corrected chi connectivity index (χ4v) is 2.25. The van der Waals surface area contributed by atoms with Gasteiger partial charge >= 0.3 is 0 Å².